The number of amides is 1. The third kappa shape index (κ3) is 9.78. The van der Waals surface area contributed by atoms with E-state index in [1.54, 1.807) is 26.0 Å². The topological polar surface area (TPSA) is 138 Å². The molecule has 1 N–H and O–H groups in total. The number of hydrogen-bond donors (Lipinski definition) is 1. The van der Waals surface area contributed by atoms with E-state index in [2.05, 4.69) is 4.18 Å². The molecule has 62 heavy (non-hydrogen) atoms. The molecule has 0 unspecified atom stereocenters. The third-order valence-electron chi connectivity index (χ3n) is 10.8. The van der Waals surface area contributed by atoms with Crippen molar-refractivity contribution in [2.24, 2.45) is 5.92 Å². The van der Waals surface area contributed by atoms with Crippen LogP contribution in [0.3, 0.4) is 0 Å². The quantitative estimate of drug-likeness (QED) is 0.0378. The molecule has 7 rings (SSSR count). The first-order valence-electron chi connectivity index (χ1n) is 19.6. The fraction of sp³-hybridized carbons (Fsp3) is 0.304. The van der Waals surface area contributed by atoms with E-state index in [9.17, 15) is 40.7 Å². The van der Waals surface area contributed by atoms with Crippen LogP contribution in [0.5, 0.6) is 11.5 Å². The van der Waals surface area contributed by atoms with Crippen molar-refractivity contribution in [1.82, 2.24) is 0 Å². The lowest BCUT2D eigenvalue weighted by Crippen LogP contribution is -2.55. The average Bonchev–Trinajstić information content (AvgIpc) is 3.23. The summed E-state index contributed by atoms with van der Waals surface area (Å²) in [5.74, 6) is -3.21. The van der Waals surface area contributed by atoms with E-state index in [4.69, 9.17) is 18.9 Å². The summed E-state index contributed by atoms with van der Waals surface area (Å²) in [5, 5.41) is 11.3. The van der Waals surface area contributed by atoms with Gasteiger partial charge in [-0.2, -0.15) is 21.6 Å². The second-order valence-corrected chi connectivity index (χ2v) is 17.1. The van der Waals surface area contributed by atoms with Gasteiger partial charge in [0.15, 0.2) is 5.79 Å². The summed E-state index contributed by atoms with van der Waals surface area (Å²) in [7, 11) is -5.95. The number of anilines is 1. The molecular formula is C46H43F4NO10S. The Labute approximate surface area is 355 Å². The van der Waals surface area contributed by atoms with Crippen LogP contribution in [-0.4, -0.2) is 49.9 Å². The van der Waals surface area contributed by atoms with Gasteiger partial charge in [0.25, 0.3) is 0 Å². The van der Waals surface area contributed by atoms with Gasteiger partial charge in [0.2, 0.25) is 5.91 Å². The van der Waals surface area contributed by atoms with Gasteiger partial charge in [0, 0.05) is 18.2 Å². The molecule has 0 spiro atoms. The van der Waals surface area contributed by atoms with Gasteiger partial charge in [-0.3, -0.25) is 9.59 Å². The molecular weight excluding hydrogens is 835 g/mol. The van der Waals surface area contributed by atoms with Crippen LogP contribution in [0.2, 0.25) is 0 Å². The minimum atomic E-state index is -5.95. The molecule has 2 fully saturated rings. The van der Waals surface area contributed by atoms with Crippen LogP contribution in [0.15, 0.2) is 121 Å². The number of aliphatic hydroxyl groups is 1. The molecule has 0 aliphatic carbocycles. The van der Waals surface area contributed by atoms with Crippen molar-refractivity contribution >= 4 is 27.7 Å². The Morgan fingerprint density at radius 2 is 1.52 bits per heavy atom. The largest absolute Gasteiger partial charge is 0.534 e. The lowest BCUT2D eigenvalue weighted by molar-refractivity contribution is -0.305. The molecule has 1 amide bonds. The number of carbonyl (C=O) groups excluding carboxylic acids is 2. The van der Waals surface area contributed by atoms with Crippen LogP contribution >= 0.6 is 0 Å². The average molecular weight is 878 g/mol. The zero-order valence-electron chi connectivity index (χ0n) is 33.8. The third-order valence-corrected chi connectivity index (χ3v) is 11.7. The van der Waals surface area contributed by atoms with E-state index in [1.807, 2.05) is 60.7 Å². The molecule has 0 saturated carbocycles. The molecule has 5 aromatic rings. The molecule has 5 aromatic carbocycles. The lowest BCUT2D eigenvalue weighted by Gasteiger charge is -2.48. The number of esters is 1. The van der Waals surface area contributed by atoms with Gasteiger partial charge in [0.05, 0.1) is 25.2 Å². The van der Waals surface area contributed by atoms with Crippen molar-refractivity contribution in [2.45, 2.75) is 69.3 Å². The first-order valence-corrected chi connectivity index (χ1v) is 21.0. The molecule has 326 valence electrons. The number of ether oxygens (including phenoxy) is 4. The Hall–Kier alpha value is -5.81. The maximum absolute atomic E-state index is 14.2. The lowest BCUT2D eigenvalue weighted by atomic mass is 9.77. The number of β-lactam (4-membered cyclic amide) rings is 1. The van der Waals surface area contributed by atoms with Gasteiger partial charge in [-0.15, -0.1) is 0 Å². The first-order chi connectivity index (χ1) is 29.3. The SMILES string of the molecule is CC(=O)O[C@@H](CC[C@H]1C(=O)N(c2ccc(OS(=O)(=O)C(F)(F)F)cc2)[C@@H]1c1ccc(-c2ccc(C3(O)COC(C)(C)OC3)cc2)cc1OCc1ccccc1)c1ccc(F)cc1. The van der Waals surface area contributed by atoms with Gasteiger partial charge in [-0.25, -0.2) is 4.39 Å². The summed E-state index contributed by atoms with van der Waals surface area (Å²) in [5.41, 5.74) is -2.73. The Kier molecular flexibility index (Phi) is 12.5. The van der Waals surface area contributed by atoms with Crippen molar-refractivity contribution in [3.8, 4) is 22.6 Å². The molecule has 2 heterocycles. The van der Waals surface area contributed by atoms with Crippen LogP contribution in [-0.2, 0) is 46.1 Å². The highest BCUT2D eigenvalue weighted by atomic mass is 32.2. The number of hydrogen-bond acceptors (Lipinski definition) is 10. The number of halogens is 4. The molecule has 0 bridgehead atoms. The minimum absolute atomic E-state index is 0.0389. The molecule has 0 radical (unpaired) electrons. The molecule has 11 nitrogen and oxygen atoms in total. The standard InChI is InChI=1S/C46H43F4NO10S/c1-29(52)60-40(32-11-16-35(47)17-12-32)24-23-39-42(51(43(39)53)36-18-20-37(21-19-36)61-62(55,56)46(48,49)50)38-22-13-33(25-41(38)57-26-30-7-5-4-6-8-30)31-9-14-34(15-10-31)45(54)27-58-44(2,3)59-28-45/h4-22,25,39-40,42,54H,23-24,26-28H2,1-3H3/t39-,40+,42-/m1/s1. The highest BCUT2D eigenvalue weighted by Gasteiger charge is 2.51. The monoisotopic (exact) mass is 877 g/mol. The van der Waals surface area contributed by atoms with Crippen LogP contribution in [0.1, 0.15) is 68.0 Å². The normalized spacial score (nSPS) is 19.0. The summed E-state index contributed by atoms with van der Waals surface area (Å²) in [6.45, 7) is 5.01. The van der Waals surface area contributed by atoms with Gasteiger partial charge in [-0.1, -0.05) is 78.9 Å². The van der Waals surface area contributed by atoms with E-state index in [-0.39, 0.29) is 44.3 Å². The minimum Gasteiger partial charge on any atom is -0.489 e. The zero-order chi connectivity index (χ0) is 44.5. The van der Waals surface area contributed by atoms with Crippen molar-refractivity contribution in [3.63, 3.8) is 0 Å². The second-order valence-electron chi connectivity index (χ2n) is 15.6. The summed E-state index contributed by atoms with van der Waals surface area (Å²) < 4.78 is 104. The number of benzene rings is 5. The predicted molar refractivity (Wildman–Crippen MR) is 218 cm³/mol. The number of rotatable bonds is 14. The molecule has 3 atom stereocenters. The Morgan fingerprint density at radius 3 is 2.13 bits per heavy atom. The highest BCUT2D eigenvalue weighted by Crippen LogP contribution is 2.50. The molecule has 16 heteroatoms. The zero-order valence-corrected chi connectivity index (χ0v) is 34.6. The van der Waals surface area contributed by atoms with Gasteiger partial charge in [0.1, 0.15) is 35.6 Å². The Morgan fingerprint density at radius 1 is 0.887 bits per heavy atom. The van der Waals surface area contributed by atoms with E-state index >= 15 is 0 Å². The molecule has 0 aromatic heterocycles. The smallest absolute Gasteiger partial charge is 0.489 e. The number of alkyl halides is 3. The summed E-state index contributed by atoms with van der Waals surface area (Å²) >= 11 is 0. The predicted octanol–water partition coefficient (Wildman–Crippen LogP) is 9.06. The van der Waals surface area contributed by atoms with Crippen LogP contribution in [0, 0.1) is 11.7 Å². The summed E-state index contributed by atoms with van der Waals surface area (Å²) in [6, 6.07) is 31.5. The highest BCUT2D eigenvalue weighted by molar-refractivity contribution is 7.88. The van der Waals surface area contributed by atoms with E-state index in [0.717, 1.165) is 28.8 Å². The van der Waals surface area contributed by atoms with Crippen LogP contribution < -0.4 is 13.8 Å². The van der Waals surface area contributed by atoms with Gasteiger partial charge >= 0.3 is 21.6 Å². The van der Waals surface area contributed by atoms with Crippen molar-refractivity contribution < 1.29 is 63.8 Å². The fourth-order valence-electron chi connectivity index (χ4n) is 7.44. The van der Waals surface area contributed by atoms with Crippen LogP contribution in [0.25, 0.3) is 11.1 Å². The van der Waals surface area contributed by atoms with Crippen LogP contribution in [0.4, 0.5) is 23.2 Å². The molecule has 2 aliphatic rings. The fourth-order valence-corrected chi connectivity index (χ4v) is 7.90. The Bertz CT molecular complexity index is 2490. The van der Waals surface area contributed by atoms with E-state index in [1.165, 1.54) is 48.2 Å². The summed E-state index contributed by atoms with van der Waals surface area (Å²) in [6.07, 6.45) is -0.480. The maximum atomic E-state index is 14.2. The molecule has 2 aliphatic heterocycles. The van der Waals surface area contributed by atoms with E-state index < -0.39 is 62.6 Å². The van der Waals surface area contributed by atoms with Gasteiger partial charge < -0.3 is 33.1 Å². The van der Waals surface area contributed by atoms with Crippen molar-refractivity contribution in [3.05, 3.63) is 149 Å². The maximum Gasteiger partial charge on any atom is 0.534 e. The number of carbonyl (C=O) groups is 2. The molecule has 2 saturated heterocycles. The number of nitrogens with zero attached hydrogens (tertiary/aromatic N) is 1. The summed E-state index contributed by atoms with van der Waals surface area (Å²) in [4.78, 5) is 27.8. The van der Waals surface area contributed by atoms with Crippen molar-refractivity contribution in [1.29, 1.82) is 0 Å². The van der Waals surface area contributed by atoms with E-state index in [0.29, 0.717) is 22.4 Å². The van der Waals surface area contributed by atoms with Gasteiger partial charge in [-0.05, 0) is 97.0 Å². The second kappa shape index (κ2) is 17.5. The van der Waals surface area contributed by atoms with Crippen molar-refractivity contribution in [2.75, 3.05) is 18.1 Å². The first kappa shape index (κ1) is 44.3. The Balaban J connectivity index is 1.25.